The van der Waals surface area contributed by atoms with Crippen molar-refractivity contribution in [2.75, 3.05) is 24.7 Å². The fourth-order valence-electron chi connectivity index (χ4n) is 4.04. The Kier molecular flexibility index (Phi) is 5.76. The monoisotopic (exact) mass is 401 g/mol. The van der Waals surface area contributed by atoms with E-state index in [4.69, 9.17) is 9.47 Å². The Morgan fingerprint density at radius 3 is 2.62 bits per heavy atom. The Morgan fingerprint density at radius 1 is 1.03 bits per heavy atom. The molecule has 2 aromatic rings. The van der Waals surface area contributed by atoms with E-state index in [0.29, 0.717) is 12.2 Å². The minimum atomic E-state index is -1.40. The lowest BCUT2D eigenvalue weighted by atomic mass is 9.91. The second kappa shape index (κ2) is 8.30. The number of anilines is 1. The van der Waals surface area contributed by atoms with Crippen molar-refractivity contribution in [3.8, 4) is 5.75 Å². The van der Waals surface area contributed by atoms with Crippen LogP contribution in [0.5, 0.6) is 5.75 Å². The molecule has 156 valence electrons. The average Bonchev–Trinajstić information content (AvgIpc) is 2.72. The van der Waals surface area contributed by atoms with E-state index in [1.165, 1.54) is 11.1 Å². The summed E-state index contributed by atoms with van der Waals surface area (Å²) < 4.78 is 11.5. The largest absolute Gasteiger partial charge is 0.490 e. The summed E-state index contributed by atoms with van der Waals surface area (Å²) in [7, 11) is 0. The molecule has 5 atom stereocenters. The van der Waals surface area contributed by atoms with Crippen LogP contribution in [0.25, 0.3) is 0 Å². The van der Waals surface area contributed by atoms with Gasteiger partial charge in [0.05, 0.1) is 18.8 Å². The summed E-state index contributed by atoms with van der Waals surface area (Å²) in [4.78, 5) is 2.21. The van der Waals surface area contributed by atoms with E-state index < -0.39 is 37.1 Å². The summed E-state index contributed by atoms with van der Waals surface area (Å²) in [5.41, 5.74) is 3.93. The van der Waals surface area contributed by atoms with Crippen molar-refractivity contribution in [3.05, 3.63) is 59.2 Å². The van der Waals surface area contributed by atoms with Crippen LogP contribution >= 0.6 is 0 Å². The zero-order valence-electron chi connectivity index (χ0n) is 16.3. The second-order valence-electron chi connectivity index (χ2n) is 7.74. The Bertz CT molecular complexity index is 857. The van der Waals surface area contributed by atoms with Crippen LogP contribution in [0.15, 0.2) is 42.5 Å². The number of fused-ring (bicyclic) bond motifs is 1. The Hall–Kier alpha value is -2.16. The molecule has 4 N–H and O–H groups in total. The van der Waals surface area contributed by atoms with Crippen LogP contribution in [0.1, 0.15) is 22.8 Å². The van der Waals surface area contributed by atoms with Gasteiger partial charge in [0.2, 0.25) is 0 Å². The van der Waals surface area contributed by atoms with Gasteiger partial charge in [-0.05, 0) is 30.2 Å². The molecule has 4 rings (SSSR count). The van der Waals surface area contributed by atoms with Crippen molar-refractivity contribution in [2.24, 2.45) is 0 Å². The molecule has 2 aromatic carbocycles. The van der Waals surface area contributed by atoms with Crippen LogP contribution in [0.4, 0.5) is 5.69 Å². The molecule has 2 aliphatic heterocycles. The number of ether oxygens (including phenoxy) is 2. The first-order valence-corrected chi connectivity index (χ1v) is 9.85. The molecular formula is C22H27NO6. The van der Waals surface area contributed by atoms with Gasteiger partial charge in [0.25, 0.3) is 0 Å². The summed E-state index contributed by atoms with van der Waals surface area (Å²) in [5.74, 6) is 0.747. The quantitative estimate of drug-likeness (QED) is 0.604. The van der Waals surface area contributed by atoms with Gasteiger partial charge in [-0.25, -0.2) is 0 Å². The smallest absolute Gasteiger partial charge is 0.142 e. The minimum Gasteiger partial charge on any atom is -0.490 e. The van der Waals surface area contributed by atoms with Gasteiger partial charge >= 0.3 is 0 Å². The fraction of sp³-hybridized carbons (Fsp3) is 0.455. The Labute approximate surface area is 169 Å². The highest BCUT2D eigenvalue weighted by Gasteiger charge is 2.44. The highest BCUT2D eigenvalue weighted by Crippen LogP contribution is 2.39. The number of benzene rings is 2. The lowest BCUT2D eigenvalue weighted by Crippen LogP contribution is -2.55. The lowest BCUT2D eigenvalue weighted by molar-refractivity contribution is -0.231. The molecular weight excluding hydrogens is 374 g/mol. The highest BCUT2D eigenvalue weighted by molar-refractivity contribution is 5.62. The molecule has 7 heteroatoms. The maximum Gasteiger partial charge on any atom is 0.142 e. The van der Waals surface area contributed by atoms with Crippen molar-refractivity contribution in [3.63, 3.8) is 0 Å². The molecule has 0 amide bonds. The van der Waals surface area contributed by atoms with E-state index in [-0.39, 0.29) is 0 Å². The molecule has 7 nitrogen and oxygen atoms in total. The van der Waals surface area contributed by atoms with E-state index in [1.54, 1.807) is 6.07 Å². The van der Waals surface area contributed by atoms with Gasteiger partial charge in [-0.2, -0.15) is 0 Å². The lowest BCUT2D eigenvalue weighted by Gasteiger charge is -2.40. The first kappa shape index (κ1) is 20.1. The van der Waals surface area contributed by atoms with E-state index in [9.17, 15) is 20.4 Å². The van der Waals surface area contributed by atoms with Crippen LogP contribution in [0.2, 0.25) is 0 Å². The maximum atomic E-state index is 10.4. The highest BCUT2D eigenvalue weighted by atomic mass is 16.5. The average molecular weight is 401 g/mol. The predicted octanol–water partition coefficient (Wildman–Crippen LogP) is 0.909. The van der Waals surface area contributed by atoms with E-state index in [1.807, 2.05) is 18.2 Å². The molecule has 0 aliphatic carbocycles. The number of hydrogen-bond acceptors (Lipinski definition) is 7. The zero-order valence-corrected chi connectivity index (χ0v) is 16.3. The molecule has 0 spiro atoms. The molecule has 0 saturated carbocycles. The first-order valence-electron chi connectivity index (χ1n) is 9.85. The molecule has 0 bridgehead atoms. The van der Waals surface area contributed by atoms with Crippen molar-refractivity contribution >= 4 is 5.69 Å². The number of aliphatic hydroxyl groups is 4. The molecule has 0 radical (unpaired) electrons. The van der Waals surface area contributed by atoms with Gasteiger partial charge < -0.3 is 34.8 Å². The zero-order chi connectivity index (χ0) is 20.5. The topological polar surface area (TPSA) is 103 Å². The predicted molar refractivity (Wildman–Crippen MR) is 107 cm³/mol. The summed E-state index contributed by atoms with van der Waals surface area (Å²) in [6, 6.07) is 13.8. The van der Waals surface area contributed by atoms with Crippen molar-refractivity contribution in [1.29, 1.82) is 0 Å². The third-order valence-corrected chi connectivity index (χ3v) is 5.62. The number of rotatable bonds is 4. The van der Waals surface area contributed by atoms with Crippen LogP contribution in [0.3, 0.4) is 0 Å². The molecule has 0 aromatic heterocycles. The van der Waals surface area contributed by atoms with Gasteiger partial charge in [-0.1, -0.05) is 35.9 Å². The number of aryl methyl sites for hydroxylation is 1. The number of nitrogens with zero attached hydrogens (tertiary/aromatic N) is 1. The van der Waals surface area contributed by atoms with E-state index in [2.05, 4.69) is 30.0 Å². The fourth-order valence-corrected chi connectivity index (χ4v) is 4.04. The van der Waals surface area contributed by atoms with Gasteiger partial charge in [-0.15, -0.1) is 0 Å². The van der Waals surface area contributed by atoms with Crippen molar-refractivity contribution in [2.45, 2.75) is 44.0 Å². The van der Waals surface area contributed by atoms with Crippen LogP contribution in [-0.4, -0.2) is 64.6 Å². The van der Waals surface area contributed by atoms with Gasteiger partial charge in [0, 0.05) is 6.54 Å². The van der Waals surface area contributed by atoms with Crippen LogP contribution < -0.4 is 9.64 Å². The molecule has 1 fully saturated rings. The standard InChI is InChI=1S/C22H27NO6/c1-13-3-2-4-14(9-13)11-23-7-8-28-17-6-5-15(10-16(17)23)22-21(27)20(26)19(25)18(12-24)29-22/h2-6,9-10,18-22,24-27H,7-8,11-12H2,1H3/t18-,19-,20+,21-,22+/m1/s1. The van der Waals surface area contributed by atoms with Crippen LogP contribution in [-0.2, 0) is 11.3 Å². The SMILES string of the molecule is Cc1cccc(CN2CCOc3ccc([C@@H]4O[C@H](CO)[C@@H](O)[C@H](O)[C@H]4O)cc32)c1. The molecule has 1 saturated heterocycles. The van der Waals surface area contributed by atoms with Crippen LogP contribution in [0, 0.1) is 6.92 Å². The van der Waals surface area contributed by atoms with Gasteiger partial charge in [0.15, 0.2) is 0 Å². The number of hydrogen-bond donors (Lipinski definition) is 4. The third kappa shape index (κ3) is 3.97. The minimum absolute atomic E-state index is 0.449. The van der Waals surface area contributed by atoms with Crippen molar-refractivity contribution in [1.82, 2.24) is 0 Å². The molecule has 0 unspecified atom stereocenters. The Balaban J connectivity index is 1.63. The molecule has 29 heavy (non-hydrogen) atoms. The van der Waals surface area contributed by atoms with Crippen molar-refractivity contribution < 1.29 is 29.9 Å². The summed E-state index contributed by atoms with van der Waals surface area (Å²) >= 11 is 0. The summed E-state index contributed by atoms with van der Waals surface area (Å²) in [6.45, 7) is 3.64. The third-order valence-electron chi connectivity index (χ3n) is 5.62. The Morgan fingerprint density at radius 2 is 1.86 bits per heavy atom. The van der Waals surface area contributed by atoms with E-state index in [0.717, 1.165) is 24.5 Å². The second-order valence-corrected chi connectivity index (χ2v) is 7.74. The summed E-state index contributed by atoms with van der Waals surface area (Å²) in [5, 5.41) is 40.0. The summed E-state index contributed by atoms with van der Waals surface area (Å²) in [6.07, 6.45) is -5.88. The molecule has 2 aliphatic rings. The molecule has 2 heterocycles. The van der Waals surface area contributed by atoms with Gasteiger partial charge in [-0.3, -0.25) is 0 Å². The number of aliphatic hydroxyl groups excluding tert-OH is 4. The van der Waals surface area contributed by atoms with E-state index >= 15 is 0 Å². The normalized spacial score (nSPS) is 29.3. The maximum absolute atomic E-state index is 10.4. The first-order chi connectivity index (χ1) is 14.0. The van der Waals surface area contributed by atoms with Gasteiger partial charge in [0.1, 0.15) is 42.9 Å².